The quantitative estimate of drug-likeness (QED) is 0.225. The summed E-state index contributed by atoms with van der Waals surface area (Å²) in [7, 11) is 0. The van der Waals surface area contributed by atoms with Gasteiger partial charge in [0.15, 0.2) is 5.96 Å². The van der Waals surface area contributed by atoms with Crippen molar-refractivity contribution in [2.75, 3.05) is 13.1 Å². The number of nitrogens with zero attached hydrogens (tertiary/aromatic N) is 1. The topological polar surface area (TPSA) is 143 Å². The van der Waals surface area contributed by atoms with E-state index in [2.05, 4.69) is 15.6 Å². The van der Waals surface area contributed by atoms with Gasteiger partial charge >= 0.3 is 5.97 Å². The molecule has 114 valence electrons. The number of aliphatic carboxylic acids is 1. The molecule has 1 amide bonds. The van der Waals surface area contributed by atoms with Gasteiger partial charge in [-0.15, -0.1) is 0 Å². The lowest BCUT2D eigenvalue weighted by Gasteiger charge is -2.24. The van der Waals surface area contributed by atoms with Crippen molar-refractivity contribution < 1.29 is 14.7 Å². The maximum absolute atomic E-state index is 11.9. The van der Waals surface area contributed by atoms with Crippen LogP contribution in [0.4, 0.5) is 0 Å². The minimum Gasteiger partial charge on any atom is -0.480 e. The molecule has 1 fully saturated rings. The molecule has 2 atom stereocenters. The Balaban J connectivity index is 2.39. The molecule has 0 spiro atoms. The monoisotopic (exact) mass is 285 g/mol. The zero-order chi connectivity index (χ0) is 15.0. The zero-order valence-electron chi connectivity index (χ0n) is 11.5. The predicted molar refractivity (Wildman–Crippen MR) is 75.1 cm³/mol. The van der Waals surface area contributed by atoms with Gasteiger partial charge in [-0.3, -0.25) is 9.79 Å². The summed E-state index contributed by atoms with van der Waals surface area (Å²) < 4.78 is 0. The number of guanidine groups is 1. The van der Waals surface area contributed by atoms with Crippen LogP contribution in [0.25, 0.3) is 0 Å². The molecule has 0 aromatic heterocycles. The Labute approximate surface area is 118 Å². The zero-order valence-corrected chi connectivity index (χ0v) is 11.5. The highest BCUT2D eigenvalue weighted by molar-refractivity contribution is 5.86. The van der Waals surface area contributed by atoms with Crippen molar-refractivity contribution in [3.05, 3.63) is 0 Å². The lowest BCUT2D eigenvalue weighted by molar-refractivity contribution is -0.142. The third-order valence-electron chi connectivity index (χ3n) is 3.19. The van der Waals surface area contributed by atoms with Crippen molar-refractivity contribution in [3.63, 3.8) is 0 Å². The normalized spacial score (nSPS) is 19.9. The Morgan fingerprint density at radius 3 is 2.70 bits per heavy atom. The van der Waals surface area contributed by atoms with Crippen LogP contribution in [0.5, 0.6) is 0 Å². The van der Waals surface area contributed by atoms with Crippen molar-refractivity contribution in [2.45, 2.75) is 44.2 Å². The average molecular weight is 285 g/mol. The lowest BCUT2D eigenvalue weighted by Crippen LogP contribution is -2.51. The van der Waals surface area contributed by atoms with Gasteiger partial charge in [0, 0.05) is 6.54 Å². The van der Waals surface area contributed by atoms with Crippen molar-refractivity contribution in [1.82, 2.24) is 10.6 Å². The van der Waals surface area contributed by atoms with Crippen LogP contribution in [-0.2, 0) is 9.59 Å². The first kappa shape index (κ1) is 16.2. The van der Waals surface area contributed by atoms with E-state index in [1.807, 2.05) is 0 Å². The number of nitrogens with two attached hydrogens (primary N) is 2. The summed E-state index contributed by atoms with van der Waals surface area (Å²) in [6, 6.07) is -1.19. The Morgan fingerprint density at radius 1 is 1.40 bits per heavy atom. The number of carboxylic acids is 1. The molecule has 1 aliphatic heterocycles. The van der Waals surface area contributed by atoms with E-state index in [4.69, 9.17) is 16.6 Å². The second-order valence-electron chi connectivity index (χ2n) is 4.85. The molecule has 8 nitrogen and oxygen atoms in total. The van der Waals surface area contributed by atoms with Gasteiger partial charge in [0.1, 0.15) is 6.04 Å². The average Bonchev–Trinajstić information content (AvgIpc) is 2.42. The number of nitrogens with one attached hydrogen (secondary N) is 2. The highest BCUT2D eigenvalue weighted by Gasteiger charge is 2.25. The number of hydrogen-bond donors (Lipinski definition) is 5. The Hall–Kier alpha value is -1.83. The summed E-state index contributed by atoms with van der Waals surface area (Å²) in [6.45, 7) is 1.14. The van der Waals surface area contributed by atoms with Crippen LogP contribution in [0.1, 0.15) is 32.1 Å². The number of rotatable bonds is 7. The van der Waals surface area contributed by atoms with Crippen molar-refractivity contribution >= 4 is 17.8 Å². The van der Waals surface area contributed by atoms with E-state index in [0.717, 1.165) is 25.8 Å². The van der Waals surface area contributed by atoms with Crippen LogP contribution >= 0.6 is 0 Å². The van der Waals surface area contributed by atoms with Gasteiger partial charge in [0.05, 0.1) is 6.04 Å². The molecule has 1 aliphatic rings. The smallest absolute Gasteiger partial charge is 0.326 e. The number of hydrogen-bond acceptors (Lipinski definition) is 4. The third-order valence-corrected chi connectivity index (χ3v) is 3.19. The third kappa shape index (κ3) is 5.87. The molecule has 8 heteroatoms. The summed E-state index contributed by atoms with van der Waals surface area (Å²) in [4.78, 5) is 26.9. The van der Waals surface area contributed by atoms with E-state index in [1.54, 1.807) is 0 Å². The van der Waals surface area contributed by atoms with E-state index in [9.17, 15) is 9.59 Å². The first-order valence-electron chi connectivity index (χ1n) is 6.82. The van der Waals surface area contributed by atoms with Crippen LogP contribution in [0.3, 0.4) is 0 Å². The second-order valence-corrected chi connectivity index (χ2v) is 4.85. The van der Waals surface area contributed by atoms with Gasteiger partial charge in [-0.1, -0.05) is 6.42 Å². The van der Waals surface area contributed by atoms with Gasteiger partial charge in [-0.05, 0) is 32.2 Å². The van der Waals surface area contributed by atoms with E-state index < -0.39 is 12.0 Å². The maximum Gasteiger partial charge on any atom is 0.326 e. The minimum atomic E-state index is -1.04. The van der Waals surface area contributed by atoms with Gasteiger partial charge in [-0.25, -0.2) is 4.79 Å². The van der Waals surface area contributed by atoms with Crippen molar-refractivity contribution in [2.24, 2.45) is 16.5 Å². The molecule has 1 heterocycles. The molecule has 0 radical (unpaired) electrons. The molecule has 20 heavy (non-hydrogen) atoms. The molecule has 0 aromatic carbocycles. The van der Waals surface area contributed by atoms with Crippen LogP contribution in [0.15, 0.2) is 4.99 Å². The van der Waals surface area contributed by atoms with Gasteiger partial charge in [0.2, 0.25) is 5.91 Å². The van der Waals surface area contributed by atoms with Crippen LogP contribution in [-0.4, -0.2) is 48.1 Å². The molecule has 0 bridgehead atoms. The summed E-state index contributed by atoms with van der Waals surface area (Å²) in [5, 5.41) is 14.8. The number of carbonyl (C=O) groups excluding carboxylic acids is 1. The minimum absolute atomic E-state index is 0.0210. The molecular formula is C12H23N5O3. The number of aliphatic imine (C=N–C) groups is 1. The molecule has 0 saturated carbocycles. The van der Waals surface area contributed by atoms with Crippen molar-refractivity contribution in [3.8, 4) is 0 Å². The fourth-order valence-electron chi connectivity index (χ4n) is 2.11. The van der Waals surface area contributed by atoms with Gasteiger partial charge < -0.3 is 27.2 Å². The van der Waals surface area contributed by atoms with E-state index in [-0.39, 0.29) is 17.9 Å². The summed E-state index contributed by atoms with van der Waals surface area (Å²) >= 11 is 0. The summed E-state index contributed by atoms with van der Waals surface area (Å²) in [6.07, 6.45) is 3.56. The summed E-state index contributed by atoms with van der Waals surface area (Å²) in [5.74, 6) is -1.31. The van der Waals surface area contributed by atoms with Crippen LogP contribution < -0.4 is 22.1 Å². The molecular weight excluding hydrogens is 262 g/mol. The number of amides is 1. The largest absolute Gasteiger partial charge is 0.480 e. The Kier molecular flexibility index (Phi) is 6.78. The molecule has 0 aromatic rings. The lowest BCUT2D eigenvalue weighted by atomic mass is 10.0. The molecule has 2 unspecified atom stereocenters. The standard InChI is InChI=1S/C12H23N5O3/c13-12(14)16-7-3-5-9(11(19)20)17-10(18)8-4-1-2-6-15-8/h8-9,15H,1-7H2,(H,17,18)(H,19,20)(H4,13,14,16). The molecule has 1 rings (SSSR count). The van der Waals surface area contributed by atoms with Crippen LogP contribution in [0, 0.1) is 0 Å². The Bertz CT molecular complexity index is 362. The number of carbonyl (C=O) groups is 2. The van der Waals surface area contributed by atoms with Gasteiger partial charge in [0.25, 0.3) is 0 Å². The molecule has 7 N–H and O–H groups in total. The SMILES string of the molecule is NC(N)=NCCCC(NC(=O)C1CCCCN1)C(=O)O. The van der Waals surface area contributed by atoms with Gasteiger partial charge in [-0.2, -0.15) is 0 Å². The molecule has 1 saturated heterocycles. The highest BCUT2D eigenvalue weighted by Crippen LogP contribution is 2.08. The Morgan fingerprint density at radius 2 is 2.15 bits per heavy atom. The first-order chi connectivity index (χ1) is 9.50. The van der Waals surface area contributed by atoms with E-state index >= 15 is 0 Å². The van der Waals surface area contributed by atoms with E-state index in [0.29, 0.717) is 19.4 Å². The predicted octanol–water partition coefficient (Wildman–Crippen LogP) is -1.25. The van der Waals surface area contributed by atoms with E-state index in [1.165, 1.54) is 0 Å². The second kappa shape index (κ2) is 8.36. The van der Waals surface area contributed by atoms with Crippen LogP contribution in [0.2, 0.25) is 0 Å². The summed E-state index contributed by atoms with van der Waals surface area (Å²) in [5.41, 5.74) is 10.4. The molecule has 0 aliphatic carbocycles. The fourth-order valence-corrected chi connectivity index (χ4v) is 2.11. The first-order valence-corrected chi connectivity index (χ1v) is 6.82. The van der Waals surface area contributed by atoms with Crippen molar-refractivity contribution in [1.29, 1.82) is 0 Å². The fraction of sp³-hybridized carbons (Fsp3) is 0.750. The number of carboxylic acid groups (broad SMARTS) is 1. The number of piperidine rings is 1. The maximum atomic E-state index is 11.9. The highest BCUT2D eigenvalue weighted by atomic mass is 16.4.